The Kier molecular flexibility index (Phi) is 3.29. The van der Waals surface area contributed by atoms with Crippen molar-refractivity contribution in [2.45, 2.75) is 44.6 Å². The lowest BCUT2D eigenvalue weighted by molar-refractivity contribution is 0.0238. The highest BCUT2D eigenvalue weighted by molar-refractivity contribution is 7.90. The van der Waals surface area contributed by atoms with E-state index in [9.17, 15) is 9.35 Å². The van der Waals surface area contributed by atoms with Gasteiger partial charge in [-0.2, -0.15) is 4.98 Å². The number of H-pyrrole nitrogens is 1. The van der Waals surface area contributed by atoms with Gasteiger partial charge in [-0.05, 0) is 20.8 Å². The van der Waals surface area contributed by atoms with Gasteiger partial charge in [0.05, 0.1) is 24.5 Å². The van der Waals surface area contributed by atoms with E-state index in [1.807, 2.05) is 20.8 Å². The number of carbonyl (C=O) groups excluding carboxylic acids is 1. The Hall–Kier alpha value is -1.21. The first-order valence-corrected chi connectivity index (χ1v) is 7.21. The SMILES string of the molecule is C[S+]([O-])c1nc2c([nH]1)CN(C(=O)OC(C)(C)C)C2. The fourth-order valence-electron chi connectivity index (χ4n) is 1.70. The summed E-state index contributed by atoms with van der Waals surface area (Å²) in [7, 11) is 0. The first-order valence-electron chi connectivity index (χ1n) is 5.65. The van der Waals surface area contributed by atoms with Crippen LogP contribution in [0.2, 0.25) is 0 Å². The van der Waals surface area contributed by atoms with Gasteiger partial charge in [0.25, 0.3) is 0 Å². The zero-order valence-electron chi connectivity index (χ0n) is 10.9. The zero-order valence-corrected chi connectivity index (χ0v) is 11.8. The first-order chi connectivity index (χ1) is 8.26. The van der Waals surface area contributed by atoms with E-state index in [0.29, 0.717) is 18.2 Å². The maximum Gasteiger partial charge on any atom is 0.410 e. The van der Waals surface area contributed by atoms with Crippen LogP contribution < -0.4 is 0 Å². The van der Waals surface area contributed by atoms with Crippen molar-refractivity contribution in [1.29, 1.82) is 0 Å². The number of rotatable bonds is 1. The Morgan fingerprint density at radius 3 is 2.67 bits per heavy atom. The molecule has 0 bridgehead atoms. The molecule has 1 aliphatic heterocycles. The molecule has 6 nitrogen and oxygen atoms in total. The molecule has 1 atom stereocenters. The van der Waals surface area contributed by atoms with Gasteiger partial charge in [-0.1, -0.05) is 0 Å². The summed E-state index contributed by atoms with van der Waals surface area (Å²) in [5, 5.41) is 0.462. The Bertz CT molecular complexity index is 441. The largest absolute Gasteiger partial charge is 0.609 e. The van der Waals surface area contributed by atoms with Gasteiger partial charge in [0.1, 0.15) is 11.9 Å². The third-order valence-electron chi connectivity index (χ3n) is 2.46. The highest BCUT2D eigenvalue weighted by Gasteiger charge is 2.31. The summed E-state index contributed by atoms with van der Waals surface area (Å²) in [6.45, 7) is 6.32. The van der Waals surface area contributed by atoms with E-state index in [1.165, 1.54) is 0 Å². The van der Waals surface area contributed by atoms with Crippen molar-refractivity contribution in [2.75, 3.05) is 6.26 Å². The van der Waals surface area contributed by atoms with Crippen molar-refractivity contribution in [1.82, 2.24) is 14.9 Å². The van der Waals surface area contributed by atoms with Crippen molar-refractivity contribution in [3.05, 3.63) is 11.4 Å². The summed E-state index contributed by atoms with van der Waals surface area (Å²) >= 11 is -1.13. The van der Waals surface area contributed by atoms with Crippen LogP contribution in [0.3, 0.4) is 0 Å². The van der Waals surface area contributed by atoms with Crippen LogP contribution in [-0.4, -0.2) is 37.4 Å². The van der Waals surface area contributed by atoms with E-state index < -0.39 is 16.8 Å². The van der Waals surface area contributed by atoms with Crippen molar-refractivity contribution >= 4 is 17.3 Å². The summed E-state index contributed by atoms with van der Waals surface area (Å²) < 4.78 is 16.6. The zero-order chi connectivity index (χ0) is 13.5. The van der Waals surface area contributed by atoms with Crippen molar-refractivity contribution in [3.63, 3.8) is 0 Å². The van der Waals surface area contributed by atoms with E-state index in [-0.39, 0.29) is 6.09 Å². The van der Waals surface area contributed by atoms with Crippen molar-refractivity contribution < 1.29 is 14.1 Å². The number of ether oxygens (including phenoxy) is 1. The third kappa shape index (κ3) is 2.78. The monoisotopic (exact) mass is 271 g/mol. The highest BCUT2D eigenvalue weighted by atomic mass is 32.2. The lowest BCUT2D eigenvalue weighted by atomic mass is 10.2. The molecule has 2 rings (SSSR count). The van der Waals surface area contributed by atoms with Crippen LogP contribution >= 0.6 is 0 Å². The molecule has 0 saturated carbocycles. The van der Waals surface area contributed by atoms with Gasteiger partial charge < -0.3 is 9.29 Å². The van der Waals surface area contributed by atoms with E-state index in [0.717, 1.165) is 11.4 Å². The van der Waals surface area contributed by atoms with Crippen molar-refractivity contribution in [2.24, 2.45) is 0 Å². The quantitative estimate of drug-likeness (QED) is 0.783. The average Bonchev–Trinajstić information content (AvgIpc) is 2.69. The molecular formula is C11H17N3O3S. The predicted molar refractivity (Wildman–Crippen MR) is 66.4 cm³/mol. The molecule has 0 fully saturated rings. The minimum atomic E-state index is -1.13. The van der Waals surface area contributed by atoms with E-state index in [1.54, 1.807) is 11.2 Å². The highest BCUT2D eigenvalue weighted by Crippen LogP contribution is 2.23. The molecular weight excluding hydrogens is 254 g/mol. The number of fused-ring (bicyclic) bond motifs is 1. The number of imidazole rings is 1. The van der Waals surface area contributed by atoms with Crippen LogP contribution in [0.1, 0.15) is 32.2 Å². The van der Waals surface area contributed by atoms with E-state index in [2.05, 4.69) is 9.97 Å². The number of amides is 1. The van der Waals surface area contributed by atoms with Gasteiger partial charge >= 0.3 is 11.2 Å². The van der Waals surface area contributed by atoms with E-state index in [4.69, 9.17) is 4.74 Å². The molecule has 0 saturated heterocycles. The third-order valence-corrected chi connectivity index (χ3v) is 3.19. The first kappa shape index (κ1) is 13.2. The van der Waals surface area contributed by atoms with Crippen LogP contribution in [0.25, 0.3) is 0 Å². The Labute approximate surface area is 109 Å². The van der Waals surface area contributed by atoms with Gasteiger partial charge in [-0.15, -0.1) is 0 Å². The van der Waals surface area contributed by atoms with Gasteiger partial charge in [0.2, 0.25) is 0 Å². The molecule has 18 heavy (non-hydrogen) atoms. The standard InChI is InChI=1S/C11H17N3O3S/c1-11(2,3)17-10(15)14-5-7-8(6-14)13-9(12-7)18(4)16/h5-6H2,1-4H3,(H,12,13). The second kappa shape index (κ2) is 4.47. The van der Waals surface area contributed by atoms with Crippen molar-refractivity contribution in [3.8, 4) is 0 Å². The minimum absolute atomic E-state index is 0.354. The predicted octanol–water partition coefficient (Wildman–Crippen LogP) is 1.40. The number of nitrogens with zero attached hydrogens (tertiary/aromatic N) is 2. The smallest absolute Gasteiger partial charge is 0.410 e. The minimum Gasteiger partial charge on any atom is -0.609 e. The Balaban J connectivity index is 2.02. The molecule has 1 aromatic rings. The molecule has 1 aliphatic rings. The lowest BCUT2D eigenvalue weighted by Gasteiger charge is -2.24. The molecule has 100 valence electrons. The average molecular weight is 271 g/mol. The number of hydrogen-bond donors (Lipinski definition) is 1. The lowest BCUT2D eigenvalue weighted by Crippen LogP contribution is -2.33. The molecule has 0 aliphatic carbocycles. The summed E-state index contributed by atoms with van der Waals surface area (Å²) in [6.07, 6.45) is 1.22. The number of hydrogen-bond acceptors (Lipinski definition) is 4. The summed E-state index contributed by atoms with van der Waals surface area (Å²) in [6, 6.07) is 0. The topological polar surface area (TPSA) is 81.3 Å². The van der Waals surface area contributed by atoms with E-state index >= 15 is 0 Å². The molecule has 7 heteroatoms. The van der Waals surface area contributed by atoms with Crippen LogP contribution in [0.15, 0.2) is 5.16 Å². The molecule has 0 spiro atoms. The second-order valence-electron chi connectivity index (χ2n) is 5.26. The maximum atomic E-state index is 11.8. The van der Waals surface area contributed by atoms with Gasteiger partial charge in [0, 0.05) is 11.2 Å². The van der Waals surface area contributed by atoms with Crippen LogP contribution in [-0.2, 0) is 29.0 Å². The fraction of sp³-hybridized carbons (Fsp3) is 0.636. The molecule has 1 aromatic heterocycles. The molecule has 1 amide bonds. The number of carbonyl (C=O) groups is 1. The fourth-order valence-corrected chi connectivity index (χ4v) is 2.21. The summed E-state index contributed by atoms with van der Waals surface area (Å²) in [4.78, 5) is 20.6. The van der Waals surface area contributed by atoms with Crippen LogP contribution in [0, 0.1) is 0 Å². The summed E-state index contributed by atoms with van der Waals surface area (Å²) in [5.41, 5.74) is 1.11. The van der Waals surface area contributed by atoms with Crippen LogP contribution in [0.4, 0.5) is 4.79 Å². The molecule has 0 aromatic carbocycles. The normalized spacial score (nSPS) is 16.6. The van der Waals surface area contributed by atoms with Crippen LogP contribution in [0.5, 0.6) is 0 Å². The molecule has 2 heterocycles. The molecule has 1 N–H and O–H groups in total. The van der Waals surface area contributed by atoms with Gasteiger partial charge in [-0.25, -0.2) is 4.79 Å². The number of aromatic nitrogens is 2. The van der Waals surface area contributed by atoms with Gasteiger partial charge in [-0.3, -0.25) is 9.88 Å². The number of aromatic amines is 1. The van der Waals surface area contributed by atoms with Gasteiger partial charge in [0.15, 0.2) is 0 Å². The Morgan fingerprint density at radius 2 is 2.17 bits per heavy atom. The molecule has 0 radical (unpaired) electrons. The molecule has 1 unspecified atom stereocenters. The second-order valence-corrected chi connectivity index (χ2v) is 6.55. The maximum absolute atomic E-state index is 11.8. The summed E-state index contributed by atoms with van der Waals surface area (Å²) in [5.74, 6) is 0. The Morgan fingerprint density at radius 1 is 1.50 bits per heavy atom. The number of nitrogens with one attached hydrogen (secondary N) is 1.